The highest BCUT2D eigenvalue weighted by Gasteiger charge is 2.15. The maximum Gasteiger partial charge on any atom is 0.276 e. The number of nitrogens with zero attached hydrogens (tertiary/aromatic N) is 2. The van der Waals surface area contributed by atoms with Gasteiger partial charge in [0.05, 0.1) is 16.6 Å². The van der Waals surface area contributed by atoms with Crippen LogP contribution in [0.3, 0.4) is 0 Å². The number of H-pyrrole nitrogens is 1. The van der Waals surface area contributed by atoms with Gasteiger partial charge in [-0.2, -0.15) is 0 Å². The second-order valence-corrected chi connectivity index (χ2v) is 7.65. The molecule has 0 spiro atoms. The van der Waals surface area contributed by atoms with Gasteiger partial charge in [-0.25, -0.2) is 4.98 Å². The Morgan fingerprint density at radius 2 is 1.64 bits per heavy atom. The van der Waals surface area contributed by atoms with Crippen LogP contribution in [0, 0.1) is 0 Å². The minimum Gasteiger partial charge on any atom is -0.352 e. The van der Waals surface area contributed by atoms with Crippen molar-refractivity contribution in [3.05, 3.63) is 102 Å². The second kappa shape index (κ2) is 8.92. The molecule has 162 valence electrons. The minimum atomic E-state index is -0.381. The zero-order chi connectivity index (χ0) is 22.6. The van der Waals surface area contributed by atoms with Crippen molar-refractivity contribution in [2.45, 2.75) is 6.42 Å². The van der Waals surface area contributed by atoms with Gasteiger partial charge >= 0.3 is 0 Å². The molecule has 5 rings (SSSR count). The summed E-state index contributed by atoms with van der Waals surface area (Å²) < 4.78 is 0. The maximum atomic E-state index is 12.8. The number of fused-ring (bicyclic) bond motifs is 2. The molecule has 0 atom stereocenters. The van der Waals surface area contributed by atoms with Crippen LogP contribution in [-0.2, 0) is 6.42 Å². The minimum absolute atomic E-state index is 0.200. The molecule has 2 heterocycles. The number of anilines is 1. The number of aromatic amines is 1. The largest absolute Gasteiger partial charge is 0.352 e. The number of amides is 2. The Morgan fingerprint density at radius 1 is 0.848 bits per heavy atom. The van der Waals surface area contributed by atoms with Gasteiger partial charge in [-0.3, -0.25) is 19.9 Å². The van der Waals surface area contributed by atoms with Crippen molar-refractivity contribution in [2.24, 2.45) is 0 Å². The monoisotopic (exact) mass is 435 g/mol. The van der Waals surface area contributed by atoms with E-state index in [1.807, 2.05) is 54.6 Å². The van der Waals surface area contributed by atoms with Crippen LogP contribution in [-0.4, -0.2) is 33.3 Å². The van der Waals surface area contributed by atoms with E-state index in [1.165, 1.54) is 0 Å². The van der Waals surface area contributed by atoms with Crippen LogP contribution in [0.2, 0.25) is 0 Å². The number of para-hydroxylation sites is 1. The van der Waals surface area contributed by atoms with E-state index in [0.29, 0.717) is 23.1 Å². The Bertz CT molecular complexity index is 1460. The van der Waals surface area contributed by atoms with Gasteiger partial charge in [-0.1, -0.05) is 60.7 Å². The quantitative estimate of drug-likeness (QED) is 0.369. The molecule has 3 N–H and O–H groups in total. The fourth-order valence-electron chi connectivity index (χ4n) is 3.72. The van der Waals surface area contributed by atoms with Crippen molar-refractivity contribution in [1.29, 1.82) is 0 Å². The number of hydrogen-bond acceptors (Lipinski definition) is 4. The Morgan fingerprint density at radius 3 is 2.48 bits per heavy atom. The lowest BCUT2D eigenvalue weighted by atomic mass is 10.1. The van der Waals surface area contributed by atoms with Gasteiger partial charge in [-0.05, 0) is 35.6 Å². The van der Waals surface area contributed by atoms with Gasteiger partial charge in [0.2, 0.25) is 5.95 Å². The van der Waals surface area contributed by atoms with Crippen LogP contribution in [0.1, 0.15) is 26.4 Å². The third-order valence-corrected chi connectivity index (χ3v) is 5.40. The average molecular weight is 435 g/mol. The zero-order valence-electron chi connectivity index (χ0n) is 17.7. The Hall–Kier alpha value is -4.52. The topological polar surface area (TPSA) is 99.8 Å². The van der Waals surface area contributed by atoms with Crippen molar-refractivity contribution in [2.75, 3.05) is 11.9 Å². The number of aromatic nitrogens is 3. The number of carbonyl (C=O) groups excluding carboxylic acids is 2. The number of imidazole rings is 1. The lowest BCUT2D eigenvalue weighted by Crippen LogP contribution is -2.25. The molecule has 2 aromatic heterocycles. The fourth-order valence-corrected chi connectivity index (χ4v) is 3.72. The summed E-state index contributed by atoms with van der Waals surface area (Å²) in [6.07, 6.45) is 2.41. The lowest BCUT2D eigenvalue weighted by molar-refractivity contribution is 0.0954. The molecule has 0 bridgehead atoms. The number of rotatable bonds is 6. The molecule has 33 heavy (non-hydrogen) atoms. The molecule has 7 nitrogen and oxygen atoms in total. The summed E-state index contributed by atoms with van der Waals surface area (Å²) in [4.78, 5) is 37.2. The summed E-state index contributed by atoms with van der Waals surface area (Å²) in [5.41, 5.74) is 3.07. The first kappa shape index (κ1) is 20.4. The summed E-state index contributed by atoms with van der Waals surface area (Å²) >= 11 is 0. The second-order valence-electron chi connectivity index (χ2n) is 7.65. The van der Waals surface area contributed by atoms with Gasteiger partial charge in [-0.15, -0.1) is 0 Å². The molecule has 0 aliphatic carbocycles. The number of carbonyl (C=O) groups is 2. The van der Waals surface area contributed by atoms with Crippen LogP contribution in [0.4, 0.5) is 5.95 Å². The first-order chi connectivity index (χ1) is 16.2. The fraction of sp³-hybridized carbons (Fsp3) is 0.0769. The van der Waals surface area contributed by atoms with Crippen LogP contribution < -0.4 is 10.6 Å². The van der Waals surface area contributed by atoms with E-state index in [9.17, 15) is 9.59 Å². The number of pyridine rings is 1. The summed E-state index contributed by atoms with van der Waals surface area (Å²) in [7, 11) is 0. The molecule has 3 aromatic carbocycles. The predicted octanol–water partition coefficient (Wildman–Crippen LogP) is 4.34. The van der Waals surface area contributed by atoms with Gasteiger partial charge in [0.1, 0.15) is 5.69 Å². The van der Waals surface area contributed by atoms with E-state index in [0.717, 1.165) is 22.8 Å². The summed E-state index contributed by atoms with van der Waals surface area (Å²) in [6, 6.07) is 24.7. The summed E-state index contributed by atoms with van der Waals surface area (Å²) in [6.45, 7) is 0.518. The third-order valence-electron chi connectivity index (χ3n) is 5.40. The molecule has 0 radical (unpaired) electrons. The van der Waals surface area contributed by atoms with Crippen molar-refractivity contribution < 1.29 is 9.59 Å². The van der Waals surface area contributed by atoms with Gasteiger partial charge in [0.15, 0.2) is 0 Å². The molecule has 2 amide bonds. The summed E-state index contributed by atoms with van der Waals surface area (Å²) in [5, 5.41) is 7.58. The Balaban J connectivity index is 1.31. The smallest absolute Gasteiger partial charge is 0.276 e. The molecule has 0 aliphatic heterocycles. The predicted molar refractivity (Wildman–Crippen MR) is 128 cm³/mol. The van der Waals surface area contributed by atoms with E-state index in [-0.39, 0.29) is 23.5 Å². The molecule has 0 saturated heterocycles. The Kier molecular flexibility index (Phi) is 5.51. The number of nitrogens with one attached hydrogen (secondary N) is 3. The SMILES string of the molecule is O=C(Nc1nc2cccc(C(=O)NCCc3ccccc3)c2[nH]1)c1cc2ccccc2cn1. The third kappa shape index (κ3) is 4.43. The molecule has 7 heteroatoms. The van der Waals surface area contributed by atoms with Crippen LogP contribution in [0.5, 0.6) is 0 Å². The summed E-state index contributed by atoms with van der Waals surface area (Å²) in [5.74, 6) is -0.322. The van der Waals surface area contributed by atoms with E-state index >= 15 is 0 Å². The molecule has 0 unspecified atom stereocenters. The van der Waals surface area contributed by atoms with Gasteiger partial charge in [0, 0.05) is 18.1 Å². The molecule has 5 aromatic rings. The van der Waals surface area contributed by atoms with Crippen LogP contribution >= 0.6 is 0 Å². The van der Waals surface area contributed by atoms with E-state index in [4.69, 9.17) is 0 Å². The average Bonchev–Trinajstić information content (AvgIpc) is 3.26. The van der Waals surface area contributed by atoms with Crippen molar-refractivity contribution in [1.82, 2.24) is 20.3 Å². The van der Waals surface area contributed by atoms with E-state index in [1.54, 1.807) is 30.5 Å². The van der Waals surface area contributed by atoms with Crippen molar-refractivity contribution >= 4 is 39.6 Å². The van der Waals surface area contributed by atoms with Gasteiger partial charge < -0.3 is 10.3 Å². The normalized spacial score (nSPS) is 10.9. The van der Waals surface area contributed by atoms with E-state index < -0.39 is 0 Å². The highest BCUT2D eigenvalue weighted by atomic mass is 16.2. The lowest BCUT2D eigenvalue weighted by Gasteiger charge is -2.06. The molecule has 0 fully saturated rings. The first-order valence-electron chi connectivity index (χ1n) is 10.6. The highest BCUT2D eigenvalue weighted by molar-refractivity contribution is 6.07. The van der Waals surface area contributed by atoms with Crippen molar-refractivity contribution in [3.63, 3.8) is 0 Å². The molecule has 0 aliphatic rings. The highest BCUT2D eigenvalue weighted by Crippen LogP contribution is 2.20. The number of benzene rings is 3. The zero-order valence-corrected chi connectivity index (χ0v) is 17.7. The van der Waals surface area contributed by atoms with E-state index in [2.05, 4.69) is 25.6 Å². The number of hydrogen-bond donors (Lipinski definition) is 3. The van der Waals surface area contributed by atoms with Crippen LogP contribution in [0.15, 0.2) is 85.1 Å². The van der Waals surface area contributed by atoms with Gasteiger partial charge in [0.25, 0.3) is 11.8 Å². The maximum absolute atomic E-state index is 12.8. The van der Waals surface area contributed by atoms with Crippen molar-refractivity contribution in [3.8, 4) is 0 Å². The van der Waals surface area contributed by atoms with Crippen LogP contribution in [0.25, 0.3) is 21.8 Å². The Labute approximate surface area is 189 Å². The molecular formula is C26H21N5O2. The standard InChI is InChI=1S/C26H21N5O2/c32-24(27-14-13-17-7-2-1-3-8-17)20-11-6-12-21-23(20)30-26(29-21)31-25(33)22-15-18-9-4-5-10-19(18)16-28-22/h1-12,15-16H,13-14H2,(H,27,32)(H2,29,30,31,33). The molecule has 0 saturated carbocycles. The molecular weight excluding hydrogens is 414 g/mol. The first-order valence-corrected chi connectivity index (χ1v) is 10.6.